The Hall–Kier alpha value is -2.02. The Morgan fingerprint density at radius 3 is 2.65 bits per heavy atom. The highest BCUT2D eigenvalue weighted by Crippen LogP contribution is 2.32. The molecular formula is C13H15FN2O4. The van der Waals surface area contributed by atoms with E-state index >= 15 is 0 Å². The highest BCUT2D eigenvalue weighted by molar-refractivity contribution is 5.96. The van der Waals surface area contributed by atoms with Gasteiger partial charge in [-0.15, -0.1) is 0 Å². The molecular weight excluding hydrogens is 267 g/mol. The number of carbonyl (C=O) groups excluding carboxylic acids is 1. The fourth-order valence-corrected chi connectivity index (χ4v) is 2.26. The van der Waals surface area contributed by atoms with E-state index in [0.29, 0.717) is 12.8 Å². The van der Waals surface area contributed by atoms with Crippen LogP contribution in [0.25, 0.3) is 0 Å². The molecule has 1 saturated carbocycles. The summed E-state index contributed by atoms with van der Waals surface area (Å²) in [7, 11) is 0. The maximum Gasteiger partial charge on any atom is 0.270 e. The Morgan fingerprint density at radius 1 is 1.55 bits per heavy atom. The largest absolute Gasteiger partial charge is 0.394 e. The van der Waals surface area contributed by atoms with Gasteiger partial charge >= 0.3 is 0 Å². The predicted octanol–water partition coefficient (Wildman–Crippen LogP) is 1.69. The Balaban J connectivity index is 2.31. The fraction of sp³-hybridized carbons (Fsp3) is 0.462. The second kappa shape index (κ2) is 5.16. The highest BCUT2D eigenvalue weighted by Gasteiger charge is 2.38. The number of hydrogen-bond acceptors (Lipinski definition) is 4. The van der Waals surface area contributed by atoms with Crippen molar-refractivity contribution in [2.24, 2.45) is 0 Å². The van der Waals surface area contributed by atoms with Crippen molar-refractivity contribution in [1.82, 2.24) is 5.32 Å². The lowest BCUT2D eigenvalue weighted by atomic mass is 9.77. The molecule has 1 amide bonds. The number of hydrogen-bond donors (Lipinski definition) is 2. The van der Waals surface area contributed by atoms with Crippen molar-refractivity contribution >= 4 is 11.6 Å². The first-order valence-corrected chi connectivity index (χ1v) is 6.26. The molecule has 0 saturated heterocycles. The van der Waals surface area contributed by atoms with Gasteiger partial charge < -0.3 is 10.4 Å². The summed E-state index contributed by atoms with van der Waals surface area (Å²) >= 11 is 0. The molecule has 1 aliphatic rings. The van der Waals surface area contributed by atoms with Crippen LogP contribution in [0.3, 0.4) is 0 Å². The number of nitrogens with zero attached hydrogens (tertiary/aromatic N) is 1. The first-order chi connectivity index (χ1) is 9.38. The van der Waals surface area contributed by atoms with Crippen LogP contribution in [0.1, 0.15) is 35.2 Å². The number of aliphatic hydroxyl groups excluding tert-OH is 1. The summed E-state index contributed by atoms with van der Waals surface area (Å²) in [5.74, 6) is -1.51. The van der Waals surface area contributed by atoms with E-state index in [1.165, 1.54) is 6.92 Å². The van der Waals surface area contributed by atoms with Crippen molar-refractivity contribution in [2.45, 2.75) is 31.7 Å². The topological polar surface area (TPSA) is 92.5 Å². The molecule has 0 aromatic heterocycles. The molecule has 0 unspecified atom stereocenters. The zero-order valence-corrected chi connectivity index (χ0v) is 11.0. The monoisotopic (exact) mass is 282 g/mol. The molecule has 0 bridgehead atoms. The lowest BCUT2D eigenvalue weighted by Crippen LogP contribution is -2.56. The molecule has 1 aromatic rings. The van der Waals surface area contributed by atoms with Crippen LogP contribution in [0.4, 0.5) is 10.1 Å². The molecule has 108 valence electrons. The minimum atomic E-state index is -0.777. The van der Waals surface area contributed by atoms with E-state index < -0.39 is 22.2 Å². The minimum absolute atomic E-state index is 0.0380. The van der Waals surface area contributed by atoms with Crippen molar-refractivity contribution in [1.29, 1.82) is 0 Å². The van der Waals surface area contributed by atoms with Gasteiger partial charge in [0.15, 0.2) is 0 Å². The summed E-state index contributed by atoms with van der Waals surface area (Å²) in [5, 5.41) is 22.6. The van der Waals surface area contributed by atoms with Crippen molar-refractivity contribution < 1.29 is 19.2 Å². The van der Waals surface area contributed by atoms with E-state index in [9.17, 15) is 24.4 Å². The standard InChI is InChI=1S/C13H15FN2O4/c1-8-5-9(16(19)20)6-10(11(8)14)12(18)15-13(7-17)3-2-4-13/h5-6,17H,2-4,7H2,1H3,(H,15,18). The summed E-state index contributed by atoms with van der Waals surface area (Å²) in [5.41, 5.74) is -1.38. The third-order valence-corrected chi connectivity index (χ3v) is 3.69. The van der Waals surface area contributed by atoms with Crippen molar-refractivity contribution in [3.05, 3.63) is 39.2 Å². The molecule has 1 aliphatic carbocycles. The van der Waals surface area contributed by atoms with Crippen LogP contribution in [0.5, 0.6) is 0 Å². The number of nitro groups is 1. The number of aliphatic hydroxyl groups is 1. The smallest absolute Gasteiger partial charge is 0.270 e. The van der Waals surface area contributed by atoms with Gasteiger partial charge in [0.25, 0.3) is 11.6 Å². The van der Waals surface area contributed by atoms with Gasteiger partial charge in [-0.05, 0) is 31.7 Å². The molecule has 0 spiro atoms. The van der Waals surface area contributed by atoms with E-state index in [2.05, 4.69) is 5.32 Å². The zero-order chi connectivity index (χ0) is 14.9. The van der Waals surface area contributed by atoms with E-state index in [0.717, 1.165) is 18.6 Å². The van der Waals surface area contributed by atoms with Crippen LogP contribution in [0, 0.1) is 22.9 Å². The minimum Gasteiger partial charge on any atom is -0.394 e. The van der Waals surface area contributed by atoms with Gasteiger partial charge in [-0.3, -0.25) is 14.9 Å². The van der Waals surface area contributed by atoms with Crippen LogP contribution in [-0.4, -0.2) is 28.1 Å². The van der Waals surface area contributed by atoms with Crippen LogP contribution in [0.2, 0.25) is 0 Å². The van der Waals surface area contributed by atoms with E-state index in [1.807, 2.05) is 0 Å². The molecule has 0 radical (unpaired) electrons. The maximum atomic E-state index is 14.0. The Labute approximate surface area is 114 Å². The number of non-ortho nitro benzene ring substituents is 1. The number of amides is 1. The Bertz CT molecular complexity index is 564. The molecule has 1 aromatic carbocycles. The number of nitro benzene ring substituents is 1. The molecule has 0 aliphatic heterocycles. The molecule has 2 rings (SSSR count). The van der Waals surface area contributed by atoms with Crippen molar-refractivity contribution in [3.8, 4) is 0 Å². The molecule has 20 heavy (non-hydrogen) atoms. The number of carbonyl (C=O) groups is 1. The first kappa shape index (κ1) is 14.4. The fourth-order valence-electron chi connectivity index (χ4n) is 2.26. The van der Waals surface area contributed by atoms with Gasteiger partial charge in [-0.1, -0.05) is 0 Å². The van der Waals surface area contributed by atoms with Crippen LogP contribution < -0.4 is 5.32 Å². The van der Waals surface area contributed by atoms with Crippen molar-refractivity contribution in [3.63, 3.8) is 0 Å². The zero-order valence-electron chi connectivity index (χ0n) is 11.0. The van der Waals surface area contributed by atoms with Gasteiger partial charge in [0.2, 0.25) is 0 Å². The number of benzene rings is 1. The second-order valence-corrected chi connectivity index (χ2v) is 5.13. The van der Waals surface area contributed by atoms with E-state index in [1.54, 1.807) is 0 Å². The molecule has 0 heterocycles. The molecule has 1 fully saturated rings. The average Bonchev–Trinajstić information content (AvgIpc) is 2.36. The van der Waals surface area contributed by atoms with E-state index in [-0.39, 0.29) is 23.4 Å². The first-order valence-electron chi connectivity index (χ1n) is 6.26. The summed E-state index contributed by atoms with van der Waals surface area (Å²) in [6.45, 7) is 1.14. The molecule has 0 atom stereocenters. The van der Waals surface area contributed by atoms with Crippen LogP contribution >= 0.6 is 0 Å². The van der Waals surface area contributed by atoms with Gasteiger partial charge in [0, 0.05) is 12.1 Å². The maximum absolute atomic E-state index is 14.0. The second-order valence-electron chi connectivity index (χ2n) is 5.13. The summed E-state index contributed by atoms with van der Waals surface area (Å²) in [6.07, 6.45) is 2.10. The third kappa shape index (κ3) is 2.49. The third-order valence-electron chi connectivity index (χ3n) is 3.69. The van der Waals surface area contributed by atoms with E-state index in [4.69, 9.17) is 0 Å². The van der Waals surface area contributed by atoms with Crippen LogP contribution in [0.15, 0.2) is 12.1 Å². The number of aryl methyl sites for hydroxylation is 1. The molecule has 6 nitrogen and oxygen atoms in total. The number of nitrogens with one attached hydrogen (secondary N) is 1. The average molecular weight is 282 g/mol. The summed E-state index contributed by atoms with van der Waals surface area (Å²) < 4.78 is 14.0. The van der Waals surface area contributed by atoms with Gasteiger partial charge in [0.05, 0.1) is 22.6 Å². The Kier molecular flexibility index (Phi) is 3.71. The normalized spacial score (nSPS) is 16.4. The summed E-state index contributed by atoms with van der Waals surface area (Å²) in [4.78, 5) is 22.2. The van der Waals surface area contributed by atoms with Crippen molar-refractivity contribution in [2.75, 3.05) is 6.61 Å². The van der Waals surface area contributed by atoms with Crippen LogP contribution in [-0.2, 0) is 0 Å². The lowest BCUT2D eigenvalue weighted by Gasteiger charge is -2.40. The molecule has 7 heteroatoms. The summed E-state index contributed by atoms with van der Waals surface area (Å²) in [6, 6.07) is 2.00. The quantitative estimate of drug-likeness (QED) is 0.649. The Morgan fingerprint density at radius 2 is 2.20 bits per heavy atom. The van der Waals surface area contributed by atoms with Gasteiger partial charge in [0.1, 0.15) is 5.82 Å². The van der Waals surface area contributed by atoms with Gasteiger partial charge in [-0.25, -0.2) is 4.39 Å². The lowest BCUT2D eigenvalue weighted by molar-refractivity contribution is -0.385. The highest BCUT2D eigenvalue weighted by atomic mass is 19.1. The number of rotatable bonds is 4. The number of halogens is 1. The SMILES string of the molecule is Cc1cc([N+](=O)[O-])cc(C(=O)NC2(CO)CCC2)c1F. The molecule has 2 N–H and O–H groups in total. The van der Waals surface area contributed by atoms with Gasteiger partial charge in [-0.2, -0.15) is 0 Å². The predicted molar refractivity (Wildman–Crippen MR) is 68.9 cm³/mol.